The van der Waals surface area contributed by atoms with Gasteiger partial charge in [-0.25, -0.2) is 4.79 Å². The number of nitrogens with zero attached hydrogens (tertiary/aromatic N) is 1. The fourth-order valence-corrected chi connectivity index (χ4v) is 4.69. The normalized spacial score (nSPS) is 11.1. The SMILES string of the molecule is Cc1ccccc1-c1cccc2c(CCCOc3c(N=O)ccc4ccccc34)c(C(=O)O)[nH]c12. The van der Waals surface area contributed by atoms with Gasteiger partial charge in [-0.15, -0.1) is 4.91 Å². The van der Waals surface area contributed by atoms with Crippen LogP contribution >= 0.6 is 0 Å². The van der Waals surface area contributed by atoms with Gasteiger partial charge < -0.3 is 14.8 Å². The van der Waals surface area contributed by atoms with Crippen molar-refractivity contribution in [3.63, 3.8) is 0 Å². The number of nitrogens with one attached hydrogen (secondary N) is 1. The van der Waals surface area contributed by atoms with Gasteiger partial charge in [0, 0.05) is 16.3 Å². The van der Waals surface area contributed by atoms with E-state index in [0.717, 1.165) is 43.9 Å². The lowest BCUT2D eigenvalue weighted by atomic mass is 9.97. The maximum atomic E-state index is 12.1. The Morgan fingerprint density at radius 3 is 2.46 bits per heavy atom. The molecule has 174 valence electrons. The Morgan fingerprint density at radius 2 is 1.66 bits per heavy atom. The summed E-state index contributed by atoms with van der Waals surface area (Å²) >= 11 is 0. The van der Waals surface area contributed by atoms with E-state index in [1.807, 2.05) is 79.7 Å². The number of aryl methyl sites for hydroxylation is 2. The number of H-pyrrole nitrogens is 1. The maximum Gasteiger partial charge on any atom is 0.352 e. The number of carbonyl (C=O) groups is 1. The van der Waals surface area contributed by atoms with Crippen LogP contribution in [-0.4, -0.2) is 22.7 Å². The minimum atomic E-state index is -0.991. The second-order valence-corrected chi connectivity index (χ2v) is 8.51. The molecular weight excluding hydrogens is 440 g/mol. The summed E-state index contributed by atoms with van der Waals surface area (Å²) in [6.07, 6.45) is 1.08. The summed E-state index contributed by atoms with van der Waals surface area (Å²) in [5.74, 6) is -0.535. The Kier molecular flexibility index (Phi) is 6.02. The third-order valence-corrected chi connectivity index (χ3v) is 6.37. The number of fused-ring (bicyclic) bond motifs is 2. The van der Waals surface area contributed by atoms with E-state index in [1.165, 1.54) is 0 Å². The molecule has 0 spiro atoms. The Bertz CT molecular complexity index is 1570. The van der Waals surface area contributed by atoms with Gasteiger partial charge in [0.1, 0.15) is 5.69 Å². The number of benzene rings is 4. The van der Waals surface area contributed by atoms with Gasteiger partial charge in [-0.2, -0.15) is 0 Å². The van der Waals surface area contributed by atoms with E-state index in [4.69, 9.17) is 4.74 Å². The molecule has 0 radical (unpaired) electrons. The molecule has 0 unspecified atom stereocenters. The largest absolute Gasteiger partial charge is 0.491 e. The zero-order chi connectivity index (χ0) is 24.4. The summed E-state index contributed by atoms with van der Waals surface area (Å²) in [6, 6.07) is 25.1. The predicted octanol–water partition coefficient (Wildman–Crippen LogP) is 7.40. The molecule has 5 aromatic rings. The molecule has 4 aromatic carbocycles. The third-order valence-electron chi connectivity index (χ3n) is 6.37. The molecule has 6 nitrogen and oxygen atoms in total. The van der Waals surface area contributed by atoms with E-state index in [2.05, 4.69) is 10.2 Å². The van der Waals surface area contributed by atoms with Crippen LogP contribution in [0.15, 0.2) is 84.0 Å². The summed E-state index contributed by atoms with van der Waals surface area (Å²) in [5, 5.41) is 15.7. The Balaban J connectivity index is 1.44. The van der Waals surface area contributed by atoms with Crippen LogP contribution in [0, 0.1) is 11.8 Å². The van der Waals surface area contributed by atoms with Gasteiger partial charge in [0.2, 0.25) is 0 Å². The fraction of sp³-hybridized carbons (Fsp3) is 0.138. The zero-order valence-corrected chi connectivity index (χ0v) is 19.2. The van der Waals surface area contributed by atoms with Crippen LogP contribution in [-0.2, 0) is 6.42 Å². The molecule has 1 heterocycles. The molecule has 0 bridgehead atoms. The highest BCUT2D eigenvalue weighted by Gasteiger charge is 2.19. The molecule has 0 aliphatic carbocycles. The van der Waals surface area contributed by atoms with Crippen LogP contribution in [0.4, 0.5) is 5.69 Å². The summed E-state index contributed by atoms with van der Waals surface area (Å²) in [4.78, 5) is 26.6. The van der Waals surface area contributed by atoms with Crippen LogP contribution in [0.5, 0.6) is 5.75 Å². The maximum absolute atomic E-state index is 12.1. The Morgan fingerprint density at radius 1 is 0.914 bits per heavy atom. The third kappa shape index (κ3) is 4.15. The van der Waals surface area contributed by atoms with Crippen molar-refractivity contribution in [1.82, 2.24) is 4.98 Å². The van der Waals surface area contributed by atoms with E-state index in [0.29, 0.717) is 25.2 Å². The fourth-order valence-electron chi connectivity index (χ4n) is 4.69. The van der Waals surface area contributed by atoms with Crippen LogP contribution < -0.4 is 4.74 Å². The highest BCUT2D eigenvalue weighted by molar-refractivity contribution is 6.03. The highest BCUT2D eigenvalue weighted by Crippen LogP contribution is 2.37. The van der Waals surface area contributed by atoms with Crippen molar-refractivity contribution in [3.05, 3.63) is 101 Å². The van der Waals surface area contributed by atoms with Crippen molar-refractivity contribution in [2.75, 3.05) is 6.61 Å². The average Bonchev–Trinajstić information content (AvgIpc) is 3.26. The number of nitroso groups, excluding NO2 is 1. The molecule has 0 saturated heterocycles. The molecule has 1 aromatic heterocycles. The number of carboxylic acids is 1. The number of aromatic carboxylic acids is 1. The number of carboxylic acid groups (broad SMARTS) is 1. The summed E-state index contributed by atoms with van der Waals surface area (Å²) in [5.41, 5.74) is 5.18. The Hall–Kier alpha value is -4.45. The van der Waals surface area contributed by atoms with E-state index in [9.17, 15) is 14.8 Å². The second-order valence-electron chi connectivity index (χ2n) is 8.51. The van der Waals surface area contributed by atoms with Crippen molar-refractivity contribution in [2.45, 2.75) is 19.8 Å². The molecule has 0 fully saturated rings. The van der Waals surface area contributed by atoms with Gasteiger partial charge >= 0.3 is 5.97 Å². The van der Waals surface area contributed by atoms with Gasteiger partial charge in [-0.05, 0) is 53.1 Å². The summed E-state index contributed by atoms with van der Waals surface area (Å²) in [6.45, 7) is 2.36. The van der Waals surface area contributed by atoms with Crippen molar-refractivity contribution in [1.29, 1.82) is 0 Å². The molecule has 0 saturated carbocycles. The lowest BCUT2D eigenvalue weighted by Crippen LogP contribution is -2.04. The van der Waals surface area contributed by atoms with E-state index >= 15 is 0 Å². The van der Waals surface area contributed by atoms with Crippen molar-refractivity contribution >= 4 is 33.3 Å². The first-order chi connectivity index (χ1) is 17.1. The quantitative estimate of drug-likeness (QED) is 0.185. The number of rotatable bonds is 8. The molecule has 6 heteroatoms. The molecular formula is C29H24N2O4. The number of aromatic amines is 1. The van der Waals surface area contributed by atoms with Crippen LogP contribution in [0.3, 0.4) is 0 Å². The molecule has 0 aliphatic heterocycles. The predicted molar refractivity (Wildman–Crippen MR) is 139 cm³/mol. The highest BCUT2D eigenvalue weighted by atomic mass is 16.5. The Labute approximate surface area is 202 Å². The average molecular weight is 465 g/mol. The van der Waals surface area contributed by atoms with Gasteiger partial charge in [-0.1, -0.05) is 72.8 Å². The van der Waals surface area contributed by atoms with Crippen molar-refractivity contribution in [2.24, 2.45) is 5.18 Å². The number of para-hydroxylation sites is 1. The van der Waals surface area contributed by atoms with E-state index in [1.54, 1.807) is 6.07 Å². The first-order valence-electron chi connectivity index (χ1n) is 11.5. The summed E-state index contributed by atoms with van der Waals surface area (Å²) in [7, 11) is 0. The number of ether oxygens (including phenoxy) is 1. The monoisotopic (exact) mass is 464 g/mol. The number of hydrogen-bond donors (Lipinski definition) is 2. The zero-order valence-electron chi connectivity index (χ0n) is 19.2. The van der Waals surface area contributed by atoms with Gasteiger partial charge in [0.05, 0.1) is 12.1 Å². The molecule has 0 atom stereocenters. The minimum Gasteiger partial charge on any atom is -0.491 e. The van der Waals surface area contributed by atoms with Crippen molar-refractivity contribution < 1.29 is 14.6 Å². The van der Waals surface area contributed by atoms with Gasteiger partial charge in [-0.3, -0.25) is 0 Å². The topological polar surface area (TPSA) is 91.8 Å². The van der Waals surface area contributed by atoms with Gasteiger partial charge in [0.25, 0.3) is 0 Å². The van der Waals surface area contributed by atoms with Crippen LogP contribution in [0.1, 0.15) is 28.0 Å². The van der Waals surface area contributed by atoms with Crippen molar-refractivity contribution in [3.8, 4) is 16.9 Å². The lowest BCUT2D eigenvalue weighted by Gasteiger charge is -2.11. The lowest BCUT2D eigenvalue weighted by molar-refractivity contribution is 0.0690. The van der Waals surface area contributed by atoms with Crippen LogP contribution in [0.2, 0.25) is 0 Å². The first kappa shape index (κ1) is 22.3. The second kappa shape index (κ2) is 9.43. The molecule has 2 N–H and O–H groups in total. The molecule has 0 amide bonds. The standard InChI is InChI=1S/C29H24N2O4/c1-18-8-2-4-10-20(18)22-12-6-13-23-24(27(29(32)33)30-26(22)23)14-7-17-35-28-21-11-5-3-9-19(21)15-16-25(28)31-34/h2-6,8-13,15-16,30H,7,14,17H2,1H3,(H,32,33). The number of hydrogen-bond acceptors (Lipinski definition) is 4. The van der Waals surface area contributed by atoms with Gasteiger partial charge in [0.15, 0.2) is 11.4 Å². The first-order valence-corrected chi connectivity index (χ1v) is 11.5. The van der Waals surface area contributed by atoms with E-state index in [-0.39, 0.29) is 11.4 Å². The van der Waals surface area contributed by atoms with Crippen LogP contribution in [0.25, 0.3) is 32.8 Å². The molecule has 5 rings (SSSR count). The minimum absolute atomic E-state index is 0.196. The van der Waals surface area contributed by atoms with E-state index < -0.39 is 5.97 Å². The molecule has 35 heavy (non-hydrogen) atoms. The number of aromatic nitrogens is 1. The summed E-state index contributed by atoms with van der Waals surface area (Å²) < 4.78 is 6.01. The molecule has 0 aliphatic rings. The smallest absolute Gasteiger partial charge is 0.352 e.